The van der Waals surface area contributed by atoms with Gasteiger partial charge in [-0.15, -0.1) is 0 Å². The van der Waals surface area contributed by atoms with Gasteiger partial charge in [0.05, 0.1) is 0 Å². The van der Waals surface area contributed by atoms with Gasteiger partial charge in [-0.3, -0.25) is 9.69 Å². The average molecular weight is 243 g/mol. The normalized spacial score (nSPS) is 20.1. The summed E-state index contributed by atoms with van der Waals surface area (Å²) < 4.78 is 0. The number of hydrogen-bond acceptors (Lipinski definition) is 3. The predicted molar refractivity (Wildman–Crippen MR) is 59.4 cm³/mol. The zero-order chi connectivity index (χ0) is 13.2. The number of hydrogen-bond donors (Lipinski definition) is 2. The Labute approximate surface area is 99.4 Å². The SMILES string of the molecule is CC(C)N(C)C(=O)N1CC(=O)NCC1C(=O)O. The highest BCUT2D eigenvalue weighted by atomic mass is 16.4. The van der Waals surface area contributed by atoms with Gasteiger partial charge in [0.1, 0.15) is 12.6 Å². The maximum absolute atomic E-state index is 12.0. The number of carboxylic acids is 1. The van der Waals surface area contributed by atoms with E-state index in [1.807, 2.05) is 13.8 Å². The number of rotatable bonds is 2. The molecule has 0 aliphatic carbocycles. The van der Waals surface area contributed by atoms with Crippen molar-refractivity contribution < 1.29 is 19.5 Å². The van der Waals surface area contributed by atoms with Crippen molar-refractivity contribution in [2.75, 3.05) is 20.1 Å². The van der Waals surface area contributed by atoms with Crippen molar-refractivity contribution in [1.29, 1.82) is 0 Å². The maximum Gasteiger partial charge on any atom is 0.328 e. The first-order valence-electron chi connectivity index (χ1n) is 5.37. The topological polar surface area (TPSA) is 90.0 Å². The minimum absolute atomic E-state index is 0.0498. The summed E-state index contributed by atoms with van der Waals surface area (Å²) >= 11 is 0. The van der Waals surface area contributed by atoms with Gasteiger partial charge in [0.15, 0.2) is 0 Å². The van der Waals surface area contributed by atoms with E-state index in [2.05, 4.69) is 5.32 Å². The Bertz CT molecular complexity index is 342. The third-order valence-electron chi connectivity index (χ3n) is 2.79. The summed E-state index contributed by atoms with van der Waals surface area (Å²) in [5.74, 6) is -1.46. The van der Waals surface area contributed by atoms with E-state index in [0.29, 0.717) is 0 Å². The molecule has 0 aromatic heterocycles. The van der Waals surface area contributed by atoms with E-state index in [4.69, 9.17) is 5.11 Å². The van der Waals surface area contributed by atoms with E-state index < -0.39 is 18.0 Å². The van der Waals surface area contributed by atoms with Crippen LogP contribution in [0.2, 0.25) is 0 Å². The molecule has 17 heavy (non-hydrogen) atoms. The number of nitrogens with one attached hydrogen (secondary N) is 1. The van der Waals surface area contributed by atoms with Crippen molar-refractivity contribution in [3.8, 4) is 0 Å². The van der Waals surface area contributed by atoms with Gasteiger partial charge in [-0.2, -0.15) is 0 Å². The molecule has 1 fully saturated rings. The Hall–Kier alpha value is -1.79. The molecule has 96 valence electrons. The van der Waals surface area contributed by atoms with Crippen molar-refractivity contribution in [3.05, 3.63) is 0 Å². The second-order valence-corrected chi connectivity index (χ2v) is 4.27. The second kappa shape index (κ2) is 5.03. The first-order chi connectivity index (χ1) is 7.84. The van der Waals surface area contributed by atoms with E-state index >= 15 is 0 Å². The number of carboxylic acid groups (broad SMARTS) is 1. The largest absolute Gasteiger partial charge is 0.480 e. The van der Waals surface area contributed by atoms with E-state index in [1.165, 1.54) is 4.90 Å². The standard InChI is InChI=1S/C10H17N3O4/c1-6(2)12(3)10(17)13-5-8(14)11-4-7(13)9(15)16/h6-7H,4-5H2,1-3H3,(H,11,14)(H,15,16). The van der Waals surface area contributed by atoms with Crippen molar-refractivity contribution in [1.82, 2.24) is 15.1 Å². The third kappa shape index (κ3) is 2.86. The Balaban J connectivity index is 2.86. The molecule has 0 saturated carbocycles. The maximum atomic E-state index is 12.0. The number of aliphatic carboxylic acids is 1. The monoisotopic (exact) mass is 243 g/mol. The Morgan fingerprint density at radius 2 is 2.12 bits per heavy atom. The highest BCUT2D eigenvalue weighted by Crippen LogP contribution is 2.09. The van der Waals surface area contributed by atoms with Gasteiger partial charge in [-0.25, -0.2) is 9.59 Å². The fraction of sp³-hybridized carbons (Fsp3) is 0.700. The number of piperazine rings is 1. The molecule has 0 aromatic carbocycles. The third-order valence-corrected chi connectivity index (χ3v) is 2.79. The molecule has 1 aliphatic rings. The first kappa shape index (κ1) is 13.3. The molecule has 1 heterocycles. The minimum atomic E-state index is -1.12. The molecule has 3 amide bonds. The molecule has 7 heteroatoms. The highest BCUT2D eigenvalue weighted by molar-refractivity contribution is 5.90. The number of carbonyl (C=O) groups excluding carboxylic acids is 2. The molecule has 0 spiro atoms. The fourth-order valence-corrected chi connectivity index (χ4v) is 1.49. The molecule has 0 aromatic rings. The van der Waals surface area contributed by atoms with Crippen LogP contribution in [0.3, 0.4) is 0 Å². The Kier molecular flexibility index (Phi) is 3.93. The summed E-state index contributed by atoms with van der Waals surface area (Å²) in [6, 6.07) is -1.49. The van der Waals surface area contributed by atoms with Gasteiger partial charge in [-0.1, -0.05) is 0 Å². The summed E-state index contributed by atoms with van der Waals surface area (Å²) in [7, 11) is 1.58. The summed E-state index contributed by atoms with van der Waals surface area (Å²) in [5, 5.41) is 11.4. The number of urea groups is 1. The van der Waals surface area contributed by atoms with Crippen LogP contribution in [0.1, 0.15) is 13.8 Å². The van der Waals surface area contributed by atoms with E-state index in [9.17, 15) is 14.4 Å². The van der Waals surface area contributed by atoms with Crippen LogP contribution in [0, 0.1) is 0 Å². The van der Waals surface area contributed by atoms with Crippen LogP contribution in [0.15, 0.2) is 0 Å². The summed E-state index contributed by atoms with van der Waals surface area (Å²) in [6.07, 6.45) is 0. The van der Waals surface area contributed by atoms with Crippen LogP contribution in [0.4, 0.5) is 4.79 Å². The molecule has 1 rings (SSSR count). The van der Waals surface area contributed by atoms with Gasteiger partial charge in [0.2, 0.25) is 5.91 Å². The Morgan fingerprint density at radius 3 is 2.59 bits per heavy atom. The van der Waals surface area contributed by atoms with Crippen LogP contribution in [-0.4, -0.2) is 65.0 Å². The van der Waals surface area contributed by atoms with Crippen molar-refractivity contribution >= 4 is 17.9 Å². The lowest BCUT2D eigenvalue weighted by molar-refractivity contribution is -0.144. The van der Waals surface area contributed by atoms with Crippen LogP contribution in [0.5, 0.6) is 0 Å². The highest BCUT2D eigenvalue weighted by Gasteiger charge is 2.36. The molecule has 1 aliphatic heterocycles. The zero-order valence-corrected chi connectivity index (χ0v) is 10.1. The van der Waals surface area contributed by atoms with Gasteiger partial charge in [0, 0.05) is 19.6 Å². The number of nitrogens with zero attached hydrogens (tertiary/aromatic N) is 2. The molecule has 1 saturated heterocycles. The van der Waals surface area contributed by atoms with E-state index in [-0.39, 0.29) is 25.0 Å². The summed E-state index contributed by atoms with van der Waals surface area (Å²) in [4.78, 5) is 36.7. The lowest BCUT2D eigenvalue weighted by atomic mass is 10.2. The van der Waals surface area contributed by atoms with Crippen LogP contribution in [-0.2, 0) is 9.59 Å². The quantitative estimate of drug-likeness (QED) is 0.673. The number of amides is 3. The molecule has 7 nitrogen and oxygen atoms in total. The van der Waals surface area contributed by atoms with Crippen LogP contribution >= 0.6 is 0 Å². The predicted octanol–water partition coefficient (Wildman–Crippen LogP) is -0.668. The number of carbonyl (C=O) groups is 3. The lowest BCUT2D eigenvalue weighted by Crippen LogP contribution is -2.62. The molecule has 0 radical (unpaired) electrons. The van der Waals surface area contributed by atoms with E-state index in [0.717, 1.165) is 4.90 Å². The first-order valence-corrected chi connectivity index (χ1v) is 5.37. The summed E-state index contributed by atoms with van der Waals surface area (Å²) in [6.45, 7) is 3.37. The minimum Gasteiger partial charge on any atom is -0.480 e. The zero-order valence-electron chi connectivity index (χ0n) is 10.1. The molecule has 0 bridgehead atoms. The van der Waals surface area contributed by atoms with Gasteiger partial charge >= 0.3 is 12.0 Å². The van der Waals surface area contributed by atoms with Gasteiger partial charge < -0.3 is 15.3 Å². The van der Waals surface area contributed by atoms with Crippen molar-refractivity contribution in [2.45, 2.75) is 25.9 Å². The van der Waals surface area contributed by atoms with Crippen molar-refractivity contribution in [2.24, 2.45) is 0 Å². The van der Waals surface area contributed by atoms with Gasteiger partial charge in [-0.05, 0) is 13.8 Å². The van der Waals surface area contributed by atoms with Crippen LogP contribution < -0.4 is 5.32 Å². The molecule has 1 atom stereocenters. The molecule has 1 unspecified atom stereocenters. The van der Waals surface area contributed by atoms with Gasteiger partial charge in [0.25, 0.3) is 0 Å². The fourth-order valence-electron chi connectivity index (χ4n) is 1.49. The second-order valence-electron chi connectivity index (χ2n) is 4.27. The lowest BCUT2D eigenvalue weighted by Gasteiger charge is -2.36. The van der Waals surface area contributed by atoms with Crippen LogP contribution in [0.25, 0.3) is 0 Å². The summed E-state index contributed by atoms with van der Waals surface area (Å²) in [5.41, 5.74) is 0. The molecule has 2 N–H and O–H groups in total. The van der Waals surface area contributed by atoms with Crippen molar-refractivity contribution in [3.63, 3.8) is 0 Å². The average Bonchev–Trinajstić information content (AvgIpc) is 2.26. The molecular formula is C10H17N3O4. The van der Waals surface area contributed by atoms with E-state index in [1.54, 1.807) is 7.05 Å². The smallest absolute Gasteiger partial charge is 0.328 e. The Morgan fingerprint density at radius 1 is 1.53 bits per heavy atom. The molecular weight excluding hydrogens is 226 g/mol.